The SMILES string of the molecule is Cc1cc(CNCCCI)n(C)n1. The molecule has 0 radical (unpaired) electrons. The molecule has 1 N–H and O–H groups in total. The summed E-state index contributed by atoms with van der Waals surface area (Å²) in [7, 11) is 1.99. The van der Waals surface area contributed by atoms with Crippen molar-refractivity contribution < 1.29 is 0 Å². The third-order valence-electron chi connectivity index (χ3n) is 1.89. The first kappa shape index (κ1) is 11.0. The second-order valence-electron chi connectivity index (χ2n) is 3.12. The van der Waals surface area contributed by atoms with Crippen molar-refractivity contribution in [3.8, 4) is 0 Å². The molecule has 0 atom stereocenters. The predicted octanol–water partition coefficient (Wildman–Crippen LogP) is 1.64. The molecule has 1 rings (SSSR count). The molecule has 0 saturated heterocycles. The zero-order valence-electron chi connectivity index (χ0n) is 8.18. The Hall–Kier alpha value is -0.100. The van der Waals surface area contributed by atoms with E-state index in [4.69, 9.17) is 0 Å². The predicted molar refractivity (Wildman–Crippen MR) is 63.2 cm³/mol. The topological polar surface area (TPSA) is 29.9 Å². The highest BCUT2D eigenvalue weighted by molar-refractivity contribution is 14.1. The molecule has 3 nitrogen and oxygen atoms in total. The number of hydrogen-bond donors (Lipinski definition) is 1. The van der Waals surface area contributed by atoms with Crippen LogP contribution in [0.4, 0.5) is 0 Å². The highest BCUT2D eigenvalue weighted by Crippen LogP contribution is 2.00. The largest absolute Gasteiger partial charge is 0.311 e. The van der Waals surface area contributed by atoms with Crippen molar-refractivity contribution in [1.29, 1.82) is 0 Å². The van der Waals surface area contributed by atoms with Crippen LogP contribution in [0.3, 0.4) is 0 Å². The first-order valence-corrected chi connectivity index (χ1v) is 6.03. The van der Waals surface area contributed by atoms with Crippen molar-refractivity contribution in [2.45, 2.75) is 19.9 Å². The van der Waals surface area contributed by atoms with E-state index in [1.54, 1.807) is 0 Å². The van der Waals surface area contributed by atoms with Crippen LogP contribution in [0.5, 0.6) is 0 Å². The summed E-state index contributed by atoms with van der Waals surface area (Å²) in [5, 5.41) is 7.68. The van der Waals surface area contributed by atoms with Crippen molar-refractivity contribution in [3.63, 3.8) is 0 Å². The van der Waals surface area contributed by atoms with Gasteiger partial charge in [0.05, 0.1) is 11.4 Å². The quantitative estimate of drug-likeness (QED) is 0.508. The molecule has 0 aliphatic rings. The molecule has 0 aromatic carbocycles. The maximum atomic E-state index is 4.29. The van der Waals surface area contributed by atoms with Crippen molar-refractivity contribution in [1.82, 2.24) is 15.1 Å². The third-order valence-corrected chi connectivity index (χ3v) is 2.65. The van der Waals surface area contributed by atoms with Gasteiger partial charge in [-0.25, -0.2) is 0 Å². The molecule has 1 aromatic heterocycles. The van der Waals surface area contributed by atoms with E-state index in [-0.39, 0.29) is 0 Å². The summed E-state index contributed by atoms with van der Waals surface area (Å²) in [4.78, 5) is 0. The smallest absolute Gasteiger partial charge is 0.0597 e. The Balaban J connectivity index is 2.32. The number of aryl methyl sites for hydroxylation is 2. The fourth-order valence-electron chi connectivity index (χ4n) is 1.24. The van der Waals surface area contributed by atoms with Crippen molar-refractivity contribution in [3.05, 3.63) is 17.5 Å². The maximum Gasteiger partial charge on any atom is 0.0597 e. The first-order chi connectivity index (χ1) is 6.24. The third kappa shape index (κ3) is 3.64. The van der Waals surface area contributed by atoms with E-state index in [9.17, 15) is 0 Å². The van der Waals surface area contributed by atoms with Gasteiger partial charge in [0.15, 0.2) is 0 Å². The normalized spacial score (nSPS) is 10.7. The molecule has 0 bridgehead atoms. The number of alkyl halides is 1. The number of aromatic nitrogens is 2. The molecule has 0 aliphatic heterocycles. The Bertz CT molecular complexity index is 257. The Kier molecular flexibility index (Phi) is 4.72. The van der Waals surface area contributed by atoms with Crippen LogP contribution in [0, 0.1) is 6.92 Å². The summed E-state index contributed by atoms with van der Waals surface area (Å²) in [6.07, 6.45) is 1.23. The number of hydrogen-bond acceptors (Lipinski definition) is 2. The molecule has 13 heavy (non-hydrogen) atoms. The molecule has 0 aliphatic carbocycles. The Morgan fingerprint density at radius 2 is 2.38 bits per heavy atom. The highest BCUT2D eigenvalue weighted by atomic mass is 127. The van der Waals surface area contributed by atoms with Gasteiger partial charge in [0.1, 0.15) is 0 Å². The van der Waals surface area contributed by atoms with E-state index in [0.29, 0.717) is 0 Å². The standard InChI is InChI=1S/C9H16IN3/c1-8-6-9(13(2)12-8)7-11-5-3-4-10/h6,11H,3-5,7H2,1-2H3. The molecule has 0 unspecified atom stereocenters. The van der Waals surface area contributed by atoms with Gasteiger partial charge >= 0.3 is 0 Å². The summed E-state index contributed by atoms with van der Waals surface area (Å²) in [5.74, 6) is 0. The van der Waals surface area contributed by atoms with Gasteiger partial charge in [-0.15, -0.1) is 0 Å². The van der Waals surface area contributed by atoms with E-state index in [1.165, 1.54) is 16.5 Å². The second-order valence-corrected chi connectivity index (χ2v) is 4.20. The van der Waals surface area contributed by atoms with Crippen LogP contribution in [0.15, 0.2) is 6.07 Å². The molecule has 0 spiro atoms. The molecule has 74 valence electrons. The minimum absolute atomic E-state index is 0.925. The number of halogens is 1. The van der Waals surface area contributed by atoms with Crippen LogP contribution in [-0.4, -0.2) is 20.8 Å². The van der Waals surface area contributed by atoms with Gasteiger partial charge in [-0.3, -0.25) is 4.68 Å². The average Bonchev–Trinajstić information content (AvgIpc) is 2.39. The van der Waals surface area contributed by atoms with E-state index in [1.807, 2.05) is 18.7 Å². The molecule has 0 fully saturated rings. The highest BCUT2D eigenvalue weighted by Gasteiger charge is 1.99. The fourth-order valence-corrected chi connectivity index (χ4v) is 1.62. The minimum atomic E-state index is 0.925. The first-order valence-electron chi connectivity index (χ1n) is 4.50. The molecule has 0 amide bonds. The maximum absolute atomic E-state index is 4.29. The lowest BCUT2D eigenvalue weighted by Crippen LogP contribution is -2.17. The van der Waals surface area contributed by atoms with Gasteiger partial charge in [-0.2, -0.15) is 5.10 Å². The Morgan fingerprint density at radius 3 is 2.92 bits per heavy atom. The van der Waals surface area contributed by atoms with E-state index in [0.717, 1.165) is 18.8 Å². The Labute approximate surface area is 93.0 Å². The number of nitrogens with one attached hydrogen (secondary N) is 1. The lowest BCUT2D eigenvalue weighted by atomic mass is 10.3. The van der Waals surface area contributed by atoms with Gasteiger partial charge in [0.2, 0.25) is 0 Å². The monoisotopic (exact) mass is 293 g/mol. The molecule has 4 heteroatoms. The van der Waals surface area contributed by atoms with E-state index in [2.05, 4.69) is 39.1 Å². The van der Waals surface area contributed by atoms with Gasteiger partial charge in [-0.05, 0) is 26.0 Å². The van der Waals surface area contributed by atoms with Crippen LogP contribution in [-0.2, 0) is 13.6 Å². The van der Waals surface area contributed by atoms with E-state index >= 15 is 0 Å². The summed E-state index contributed by atoms with van der Waals surface area (Å²) in [6.45, 7) is 4.04. The molecule has 0 saturated carbocycles. The summed E-state index contributed by atoms with van der Waals surface area (Å²) in [6, 6.07) is 2.12. The Morgan fingerprint density at radius 1 is 1.62 bits per heavy atom. The van der Waals surface area contributed by atoms with Gasteiger partial charge in [0.25, 0.3) is 0 Å². The fraction of sp³-hybridized carbons (Fsp3) is 0.667. The molecular weight excluding hydrogens is 277 g/mol. The molecule has 1 heterocycles. The van der Waals surface area contributed by atoms with Crippen molar-refractivity contribution in [2.24, 2.45) is 7.05 Å². The summed E-state index contributed by atoms with van der Waals surface area (Å²) in [5.41, 5.74) is 2.35. The number of rotatable bonds is 5. The van der Waals surface area contributed by atoms with Crippen molar-refractivity contribution >= 4 is 22.6 Å². The van der Waals surface area contributed by atoms with Gasteiger partial charge in [-0.1, -0.05) is 22.6 Å². The summed E-state index contributed by atoms with van der Waals surface area (Å²) < 4.78 is 3.15. The van der Waals surface area contributed by atoms with Crippen LogP contribution in [0.25, 0.3) is 0 Å². The van der Waals surface area contributed by atoms with Crippen LogP contribution in [0.1, 0.15) is 17.8 Å². The molecular formula is C9H16IN3. The van der Waals surface area contributed by atoms with E-state index < -0.39 is 0 Å². The molecule has 1 aromatic rings. The van der Waals surface area contributed by atoms with Crippen molar-refractivity contribution in [2.75, 3.05) is 11.0 Å². The zero-order valence-corrected chi connectivity index (χ0v) is 10.3. The van der Waals surface area contributed by atoms with Gasteiger partial charge in [0, 0.05) is 18.0 Å². The zero-order chi connectivity index (χ0) is 9.68. The lowest BCUT2D eigenvalue weighted by molar-refractivity contribution is 0.622. The minimum Gasteiger partial charge on any atom is -0.311 e. The summed E-state index contributed by atoms with van der Waals surface area (Å²) >= 11 is 2.40. The average molecular weight is 293 g/mol. The van der Waals surface area contributed by atoms with Crippen LogP contribution in [0.2, 0.25) is 0 Å². The van der Waals surface area contributed by atoms with Crippen LogP contribution >= 0.6 is 22.6 Å². The lowest BCUT2D eigenvalue weighted by Gasteiger charge is -2.03. The van der Waals surface area contributed by atoms with Gasteiger partial charge < -0.3 is 5.32 Å². The number of nitrogens with zero attached hydrogens (tertiary/aromatic N) is 2. The van der Waals surface area contributed by atoms with Crippen LogP contribution < -0.4 is 5.32 Å². The second kappa shape index (κ2) is 5.59.